The summed E-state index contributed by atoms with van der Waals surface area (Å²) in [6, 6.07) is 13.0. The molecule has 2 aromatic carbocycles. The number of thiophene rings is 1. The fraction of sp³-hybridized carbons (Fsp3) is 0.0500. The first-order chi connectivity index (χ1) is 13.3. The third kappa shape index (κ3) is 4.16. The molecular formula is C20H14BrClN2O3S. The molecule has 0 unspecified atom stereocenters. The number of carbonyl (C=O) groups excluding carboxylic acids is 1. The highest BCUT2D eigenvalue weighted by Crippen LogP contribution is 2.31. The number of benzene rings is 2. The minimum absolute atomic E-state index is 0.149. The first-order valence-electron chi connectivity index (χ1n) is 8.06. The first kappa shape index (κ1) is 20.3. The summed E-state index contributed by atoms with van der Waals surface area (Å²) in [5.74, 6) is -1.41. The van der Waals surface area contributed by atoms with Gasteiger partial charge in [-0.3, -0.25) is 10.2 Å². The number of carbonyl (C=O) groups is 2. The van der Waals surface area contributed by atoms with Crippen molar-refractivity contribution in [2.24, 2.45) is 0 Å². The number of aromatic carboxylic acids is 1. The molecule has 0 aliphatic carbocycles. The minimum atomic E-state index is -1.02. The maximum absolute atomic E-state index is 12.7. The molecule has 0 saturated carbocycles. The van der Waals surface area contributed by atoms with Crippen LogP contribution in [0.4, 0.5) is 5.69 Å². The predicted molar refractivity (Wildman–Crippen MR) is 115 cm³/mol. The highest BCUT2D eigenvalue weighted by atomic mass is 79.9. The van der Waals surface area contributed by atoms with Crippen LogP contribution in [0.15, 0.2) is 53.0 Å². The Labute approximate surface area is 178 Å². The molecule has 3 N–H and O–H groups in total. The number of carboxylic acid groups (broad SMARTS) is 1. The molecular weight excluding hydrogens is 464 g/mol. The van der Waals surface area contributed by atoms with Gasteiger partial charge in [0.1, 0.15) is 0 Å². The minimum Gasteiger partial charge on any atom is -0.478 e. The molecule has 1 amide bonds. The zero-order valence-electron chi connectivity index (χ0n) is 14.5. The van der Waals surface area contributed by atoms with E-state index >= 15 is 0 Å². The second kappa shape index (κ2) is 8.26. The lowest BCUT2D eigenvalue weighted by Crippen LogP contribution is -2.15. The number of rotatable bonds is 5. The van der Waals surface area contributed by atoms with Crippen molar-refractivity contribution < 1.29 is 14.7 Å². The zero-order chi connectivity index (χ0) is 20.4. The number of hydrogen-bond donors (Lipinski definition) is 3. The van der Waals surface area contributed by atoms with E-state index in [0.717, 1.165) is 4.88 Å². The molecule has 28 heavy (non-hydrogen) atoms. The molecule has 0 bridgehead atoms. The van der Waals surface area contributed by atoms with Crippen molar-refractivity contribution in [1.29, 1.82) is 5.41 Å². The molecule has 1 heterocycles. The Bertz CT molecular complexity index is 1070. The first-order valence-corrected chi connectivity index (χ1v) is 10.0. The monoisotopic (exact) mass is 476 g/mol. The van der Waals surface area contributed by atoms with Crippen molar-refractivity contribution >= 4 is 62.1 Å². The molecule has 1 aromatic heterocycles. The lowest BCUT2D eigenvalue weighted by atomic mass is 10.1. The summed E-state index contributed by atoms with van der Waals surface area (Å²) in [5.41, 5.74) is 1.73. The molecule has 5 nitrogen and oxygen atoms in total. The highest BCUT2D eigenvalue weighted by molar-refractivity contribution is 9.10. The Morgan fingerprint density at radius 3 is 2.39 bits per heavy atom. The van der Waals surface area contributed by atoms with Crippen LogP contribution in [0, 0.1) is 12.3 Å². The van der Waals surface area contributed by atoms with Crippen molar-refractivity contribution in [3.8, 4) is 0 Å². The molecule has 0 aliphatic heterocycles. The Morgan fingerprint density at radius 2 is 1.79 bits per heavy atom. The summed E-state index contributed by atoms with van der Waals surface area (Å²) in [5, 5.41) is 20.7. The second-order valence-corrected chi connectivity index (χ2v) is 8.43. The molecule has 0 spiro atoms. The maximum atomic E-state index is 12.7. The topological polar surface area (TPSA) is 90.3 Å². The van der Waals surface area contributed by atoms with Crippen molar-refractivity contribution in [2.45, 2.75) is 6.92 Å². The number of carboxylic acids is 1. The van der Waals surface area contributed by atoms with Gasteiger partial charge in [0, 0.05) is 14.9 Å². The van der Waals surface area contributed by atoms with Crippen LogP contribution in [0.1, 0.15) is 36.0 Å². The Morgan fingerprint density at radius 1 is 1.14 bits per heavy atom. The standard InChI is InChI=1S/C20H14BrClN2O3S/c1-10-9-15(24-19(25)16-13(21)3-2-4-14(16)22)18(28-10)17(23)11-5-7-12(8-6-11)20(26)27/h2-9,23H,1H3,(H,24,25)(H,26,27). The molecule has 142 valence electrons. The van der Waals surface area contributed by atoms with Crippen LogP contribution in [-0.2, 0) is 0 Å². The molecule has 0 aliphatic rings. The number of aryl methyl sites for hydroxylation is 1. The summed E-state index contributed by atoms with van der Waals surface area (Å²) in [7, 11) is 0. The molecule has 0 fully saturated rings. The molecule has 0 atom stereocenters. The molecule has 0 saturated heterocycles. The van der Waals surface area contributed by atoms with Crippen LogP contribution < -0.4 is 5.32 Å². The van der Waals surface area contributed by atoms with E-state index in [1.54, 1.807) is 36.4 Å². The van der Waals surface area contributed by atoms with E-state index in [1.165, 1.54) is 23.5 Å². The molecule has 3 aromatic rings. The largest absolute Gasteiger partial charge is 0.478 e. The van der Waals surface area contributed by atoms with Crippen LogP contribution in [0.3, 0.4) is 0 Å². The van der Waals surface area contributed by atoms with Crippen molar-refractivity contribution in [2.75, 3.05) is 5.32 Å². The summed E-state index contributed by atoms with van der Waals surface area (Å²) < 4.78 is 0.574. The van der Waals surface area contributed by atoms with Crippen LogP contribution in [0.5, 0.6) is 0 Å². The Balaban J connectivity index is 1.92. The third-order valence-electron chi connectivity index (χ3n) is 3.94. The van der Waals surface area contributed by atoms with E-state index in [-0.39, 0.29) is 17.2 Å². The third-order valence-corrected chi connectivity index (χ3v) is 5.98. The van der Waals surface area contributed by atoms with Crippen LogP contribution in [-0.4, -0.2) is 22.7 Å². The number of hydrogen-bond acceptors (Lipinski definition) is 4. The van der Waals surface area contributed by atoms with Gasteiger partial charge in [-0.15, -0.1) is 11.3 Å². The predicted octanol–water partition coefficient (Wildman–Crippen LogP) is 5.84. The van der Waals surface area contributed by atoms with Crippen LogP contribution >= 0.6 is 38.9 Å². The van der Waals surface area contributed by atoms with E-state index in [4.69, 9.17) is 22.1 Å². The van der Waals surface area contributed by atoms with Crippen molar-refractivity contribution in [1.82, 2.24) is 0 Å². The summed E-state index contributed by atoms with van der Waals surface area (Å²) in [6.45, 7) is 1.88. The van der Waals surface area contributed by atoms with Gasteiger partial charge < -0.3 is 10.4 Å². The van der Waals surface area contributed by atoms with Crippen molar-refractivity contribution in [3.63, 3.8) is 0 Å². The Hall–Kier alpha value is -2.48. The fourth-order valence-corrected chi connectivity index (χ4v) is 4.46. The number of nitrogens with one attached hydrogen (secondary N) is 2. The van der Waals surface area contributed by atoms with Gasteiger partial charge in [-0.2, -0.15) is 0 Å². The van der Waals surface area contributed by atoms with Gasteiger partial charge in [-0.05, 0) is 53.2 Å². The lowest BCUT2D eigenvalue weighted by Gasteiger charge is -2.10. The number of anilines is 1. The zero-order valence-corrected chi connectivity index (χ0v) is 17.7. The molecule has 8 heteroatoms. The lowest BCUT2D eigenvalue weighted by molar-refractivity contribution is 0.0696. The molecule has 3 rings (SSSR count). The summed E-state index contributed by atoms with van der Waals surface area (Å²) in [6.07, 6.45) is 0. The maximum Gasteiger partial charge on any atom is 0.335 e. The van der Waals surface area contributed by atoms with Gasteiger partial charge in [-0.25, -0.2) is 4.79 Å². The van der Waals surface area contributed by atoms with Crippen molar-refractivity contribution in [3.05, 3.63) is 84.5 Å². The van der Waals surface area contributed by atoms with E-state index in [2.05, 4.69) is 21.2 Å². The van der Waals surface area contributed by atoms with E-state index in [0.29, 0.717) is 31.2 Å². The van der Waals surface area contributed by atoms with Gasteiger partial charge in [0.15, 0.2) is 0 Å². The highest BCUT2D eigenvalue weighted by Gasteiger charge is 2.19. The van der Waals surface area contributed by atoms with Crippen LogP contribution in [0.2, 0.25) is 5.02 Å². The second-order valence-electron chi connectivity index (χ2n) is 5.91. The van der Waals surface area contributed by atoms with Gasteiger partial charge >= 0.3 is 5.97 Å². The van der Waals surface area contributed by atoms with E-state index < -0.39 is 5.97 Å². The number of halogens is 2. The van der Waals surface area contributed by atoms with E-state index in [1.807, 2.05) is 6.92 Å². The average Bonchev–Trinajstić information content (AvgIpc) is 3.01. The normalized spacial score (nSPS) is 10.5. The fourth-order valence-electron chi connectivity index (χ4n) is 2.60. The smallest absolute Gasteiger partial charge is 0.335 e. The van der Waals surface area contributed by atoms with E-state index in [9.17, 15) is 9.59 Å². The SMILES string of the molecule is Cc1cc(NC(=O)c2c(Cl)cccc2Br)c(C(=N)c2ccc(C(=O)O)cc2)s1. The molecule has 0 radical (unpaired) electrons. The van der Waals surface area contributed by atoms with Gasteiger partial charge in [0.05, 0.1) is 32.4 Å². The van der Waals surface area contributed by atoms with Crippen LogP contribution in [0.25, 0.3) is 0 Å². The van der Waals surface area contributed by atoms with Gasteiger partial charge in [0.2, 0.25) is 0 Å². The Kier molecular flexibility index (Phi) is 5.98. The van der Waals surface area contributed by atoms with Gasteiger partial charge in [-0.1, -0.05) is 29.8 Å². The quantitative estimate of drug-likeness (QED) is 0.403. The number of amides is 1. The summed E-state index contributed by atoms with van der Waals surface area (Å²) >= 11 is 10.9. The summed E-state index contributed by atoms with van der Waals surface area (Å²) in [4.78, 5) is 25.3. The average molecular weight is 478 g/mol. The van der Waals surface area contributed by atoms with Gasteiger partial charge in [0.25, 0.3) is 5.91 Å².